The second kappa shape index (κ2) is 7.26. The number of ether oxygens (including phenoxy) is 1. The summed E-state index contributed by atoms with van der Waals surface area (Å²) in [5, 5.41) is 9.69. The zero-order valence-electron chi connectivity index (χ0n) is 15.5. The number of anilines is 1. The molecule has 1 aliphatic rings. The molecule has 1 aliphatic heterocycles. The molecule has 0 atom stereocenters. The van der Waals surface area contributed by atoms with Gasteiger partial charge in [0.05, 0.1) is 13.2 Å². The van der Waals surface area contributed by atoms with Crippen LogP contribution in [0.4, 0.5) is 5.82 Å². The lowest BCUT2D eigenvalue weighted by Gasteiger charge is -2.28. The molecule has 0 aromatic carbocycles. The van der Waals surface area contributed by atoms with E-state index in [2.05, 4.69) is 25.1 Å². The first-order valence-corrected chi connectivity index (χ1v) is 9.51. The van der Waals surface area contributed by atoms with Gasteiger partial charge in [0.15, 0.2) is 11.6 Å². The topological polar surface area (TPSA) is 108 Å². The highest BCUT2D eigenvalue weighted by Gasteiger charge is 2.22. The van der Waals surface area contributed by atoms with E-state index in [0.717, 1.165) is 5.56 Å². The number of hydrogen-bond donors (Lipinski definition) is 0. The molecule has 0 bridgehead atoms. The molecule has 0 spiro atoms. The van der Waals surface area contributed by atoms with Gasteiger partial charge in [0, 0.05) is 36.4 Å². The zero-order chi connectivity index (χ0) is 19.8. The van der Waals surface area contributed by atoms with Gasteiger partial charge in [-0.05, 0) is 19.1 Å². The van der Waals surface area contributed by atoms with Crippen LogP contribution in [0.15, 0.2) is 29.0 Å². The van der Waals surface area contributed by atoms with Crippen molar-refractivity contribution in [1.29, 1.82) is 0 Å². The summed E-state index contributed by atoms with van der Waals surface area (Å²) in [7, 11) is 0. The largest absolute Gasteiger partial charge is 0.378 e. The van der Waals surface area contributed by atoms with Crippen LogP contribution in [0.1, 0.15) is 11.4 Å². The first-order chi connectivity index (χ1) is 14.2. The molecule has 4 aromatic heterocycles. The zero-order valence-corrected chi connectivity index (χ0v) is 16.3. The third-order valence-corrected chi connectivity index (χ3v) is 4.80. The smallest absolute Gasteiger partial charge is 0.276 e. The summed E-state index contributed by atoms with van der Waals surface area (Å²) in [6.07, 6.45) is 3.48. The Labute approximate surface area is 170 Å². The molecular weight excluding hydrogens is 392 g/mol. The maximum atomic E-state index is 5.50. The van der Waals surface area contributed by atoms with E-state index in [4.69, 9.17) is 31.4 Å². The summed E-state index contributed by atoms with van der Waals surface area (Å²) in [5.41, 5.74) is 2.51. The standard InChI is InChI=1S/C18H16N8O2S/c1-11-20-17(28-24-11)13-9-12(10-29)14-15(21-13)16(25-5-7-27-8-6-25)23-18(22-14)26-4-2-3-19-26/h2-4,9-10H,5-8H2,1H3. The molecule has 5 rings (SSSR count). The molecule has 1 fully saturated rings. The van der Waals surface area contributed by atoms with Gasteiger partial charge in [0.2, 0.25) is 0 Å². The van der Waals surface area contributed by atoms with Crippen molar-refractivity contribution < 1.29 is 9.26 Å². The summed E-state index contributed by atoms with van der Waals surface area (Å²) in [5.74, 6) is 2.00. The number of aryl methyl sites for hydroxylation is 1. The Balaban J connectivity index is 1.78. The highest BCUT2D eigenvalue weighted by Crippen LogP contribution is 2.29. The fourth-order valence-corrected chi connectivity index (χ4v) is 3.37. The van der Waals surface area contributed by atoms with E-state index in [-0.39, 0.29) is 0 Å². The molecule has 146 valence electrons. The van der Waals surface area contributed by atoms with Crippen LogP contribution in [0, 0.1) is 6.92 Å². The van der Waals surface area contributed by atoms with Gasteiger partial charge in [0.25, 0.3) is 11.8 Å². The number of hydrogen-bond acceptors (Lipinski definition) is 10. The van der Waals surface area contributed by atoms with Crippen molar-refractivity contribution in [3.63, 3.8) is 0 Å². The molecule has 29 heavy (non-hydrogen) atoms. The third-order valence-electron chi connectivity index (χ3n) is 4.55. The lowest BCUT2D eigenvalue weighted by atomic mass is 10.2. The number of rotatable bonds is 4. The van der Waals surface area contributed by atoms with E-state index in [0.29, 0.717) is 66.5 Å². The molecule has 11 heteroatoms. The predicted molar refractivity (Wildman–Crippen MR) is 108 cm³/mol. The SMILES string of the molecule is Cc1noc(-c2cc(C=S)c3nc(-n4cccn4)nc(N4CCOCC4)c3n2)n1. The number of aromatic nitrogens is 7. The molecule has 0 radical (unpaired) electrons. The number of fused-ring (bicyclic) bond motifs is 1. The van der Waals surface area contributed by atoms with Crippen LogP contribution in [0.2, 0.25) is 0 Å². The van der Waals surface area contributed by atoms with Crippen molar-refractivity contribution >= 4 is 34.4 Å². The van der Waals surface area contributed by atoms with Gasteiger partial charge in [-0.3, -0.25) is 0 Å². The molecule has 10 nitrogen and oxygen atoms in total. The Morgan fingerprint density at radius 3 is 2.66 bits per heavy atom. The normalized spacial score (nSPS) is 14.4. The fraction of sp³-hybridized carbons (Fsp3) is 0.278. The first kappa shape index (κ1) is 17.8. The minimum atomic E-state index is 0.326. The van der Waals surface area contributed by atoms with Gasteiger partial charge < -0.3 is 14.2 Å². The van der Waals surface area contributed by atoms with Crippen molar-refractivity contribution in [3.8, 4) is 17.5 Å². The van der Waals surface area contributed by atoms with E-state index >= 15 is 0 Å². The molecule has 0 amide bonds. The molecule has 0 N–H and O–H groups in total. The van der Waals surface area contributed by atoms with E-state index in [1.54, 1.807) is 35.4 Å². The van der Waals surface area contributed by atoms with Crippen molar-refractivity contribution in [2.45, 2.75) is 6.92 Å². The van der Waals surface area contributed by atoms with Gasteiger partial charge in [-0.25, -0.2) is 14.6 Å². The van der Waals surface area contributed by atoms with Crippen LogP contribution in [-0.2, 0) is 4.74 Å². The highest BCUT2D eigenvalue weighted by atomic mass is 32.1. The van der Waals surface area contributed by atoms with Crippen LogP contribution < -0.4 is 4.90 Å². The quantitative estimate of drug-likeness (QED) is 0.463. The van der Waals surface area contributed by atoms with Crippen molar-refractivity contribution in [3.05, 3.63) is 35.9 Å². The first-order valence-electron chi connectivity index (χ1n) is 9.04. The van der Waals surface area contributed by atoms with Crippen LogP contribution in [0.25, 0.3) is 28.6 Å². The Kier molecular flexibility index (Phi) is 4.45. The van der Waals surface area contributed by atoms with Crippen molar-refractivity contribution in [2.24, 2.45) is 0 Å². The summed E-state index contributed by atoms with van der Waals surface area (Å²) < 4.78 is 12.4. The third kappa shape index (κ3) is 3.23. The van der Waals surface area contributed by atoms with E-state index in [1.165, 1.54) is 0 Å². The summed E-state index contributed by atoms with van der Waals surface area (Å²) in [6, 6.07) is 3.62. The molecule has 1 saturated heterocycles. The Morgan fingerprint density at radius 2 is 1.97 bits per heavy atom. The average Bonchev–Trinajstić information content (AvgIpc) is 3.45. The molecule has 4 aromatic rings. The molecule has 0 aliphatic carbocycles. The van der Waals surface area contributed by atoms with Gasteiger partial charge >= 0.3 is 0 Å². The van der Waals surface area contributed by atoms with Gasteiger partial charge in [0.1, 0.15) is 16.7 Å². The molecule has 0 unspecified atom stereocenters. The predicted octanol–water partition coefficient (Wildman–Crippen LogP) is 1.75. The van der Waals surface area contributed by atoms with Crippen LogP contribution in [0.3, 0.4) is 0 Å². The Hall–Kier alpha value is -3.31. The maximum Gasteiger partial charge on any atom is 0.276 e. The number of morpholine rings is 1. The molecule has 5 heterocycles. The van der Waals surface area contributed by atoms with E-state index in [9.17, 15) is 0 Å². The minimum absolute atomic E-state index is 0.326. The minimum Gasteiger partial charge on any atom is -0.378 e. The Morgan fingerprint density at radius 1 is 1.10 bits per heavy atom. The number of nitrogens with zero attached hydrogens (tertiary/aromatic N) is 8. The lowest BCUT2D eigenvalue weighted by Crippen LogP contribution is -2.37. The summed E-state index contributed by atoms with van der Waals surface area (Å²) >= 11 is 5.27. The van der Waals surface area contributed by atoms with Crippen LogP contribution in [-0.4, -0.2) is 66.5 Å². The van der Waals surface area contributed by atoms with Crippen LogP contribution in [0.5, 0.6) is 0 Å². The highest BCUT2D eigenvalue weighted by molar-refractivity contribution is 7.79. The van der Waals surface area contributed by atoms with Gasteiger partial charge in [-0.2, -0.15) is 15.1 Å². The van der Waals surface area contributed by atoms with E-state index in [1.807, 2.05) is 6.07 Å². The van der Waals surface area contributed by atoms with Crippen molar-refractivity contribution in [1.82, 2.24) is 34.9 Å². The maximum absolute atomic E-state index is 5.50. The summed E-state index contributed by atoms with van der Waals surface area (Å²) in [4.78, 5) is 20.6. The van der Waals surface area contributed by atoms with Gasteiger partial charge in [-0.1, -0.05) is 17.4 Å². The lowest BCUT2D eigenvalue weighted by molar-refractivity contribution is 0.122. The second-order valence-electron chi connectivity index (χ2n) is 6.46. The van der Waals surface area contributed by atoms with Crippen LogP contribution >= 0.6 is 12.2 Å². The molecular formula is C18H16N8O2S. The molecule has 0 saturated carbocycles. The fourth-order valence-electron chi connectivity index (χ4n) is 3.19. The average molecular weight is 408 g/mol. The summed E-state index contributed by atoms with van der Waals surface area (Å²) in [6.45, 7) is 4.38. The number of pyridine rings is 1. The monoisotopic (exact) mass is 408 g/mol. The Bertz CT molecular complexity index is 1180. The van der Waals surface area contributed by atoms with Crippen molar-refractivity contribution in [2.75, 3.05) is 31.2 Å². The van der Waals surface area contributed by atoms with Gasteiger partial charge in [-0.15, -0.1) is 0 Å². The second-order valence-corrected chi connectivity index (χ2v) is 6.69. The van der Waals surface area contributed by atoms with E-state index < -0.39 is 0 Å². The number of thiocarbonyl (C=S) groups is 1.